The first-order valence-electron chi connectivity index (χ1n) is 9.64. The highest BCUT2D eigenvalue weighted by Gasteiger charge is 2.18. The molecule has 0 bridgehead atoms. The van der Waals surface area contributed by atoms with Crippen LogP contribution in [0.4, 0.5) is 0 Å². The number of aryl methyl sites for hydroxylation is 5. The van der Waals surface area contributed by atoms with Gasteiger partial charge in [-0.05, 0) is 75.1 Å². The van der Waals surface area contributed by atoms with Gasteiger partial charge in [0.1, 0.15) is 0 Å². The molecule has 130 valence electrons. The van der Waals surface area contributed by atoms with E-state index in [-0.39, 0.29) is 0 Å². The maximum Gasteiger partial charge on any atom is -0.0159 e. The maximum atomic E-state index is 2.38. The number of hydrogen-bond acceptors (Lipinski definition) is 0. The van der Waals surface area contributed by atoms with E-state index >= 15 is 0 Å². The molecule has 0 amide bonds. The van der Waals surface area contributed by atoms with E-state index in [0.717, 1.165) is 5.92 Å². The van der Waals surface area contributed by atoms with Crippen molar-refractivity contribution in [2.24, 2.45) is 0 Å². The van der Waals surface area contributed by atoms with Gasteiger partial charge in [0.2, 0.25) is 0 Å². The highest BCUT2D eigenvalue weighted by molar-refractivity contribution is 5.33. The van der Waals surface area contributed by atoms with Crippen LogP contribution in [0.15, 0.2) is 36.4 Å². The van der Waals surface area contributed by atoms with Gasteiger partial charge in [-0.3, -0.25) is 0 Å². The van der Waals surface area contributed by atoms with E-state index in [1.54, 1.807) is 5.56 Å². The summed E-state index contributed by atoms with van der Waals surface area (Å²) in [5.74, 6) is 0.861. The molecule has 0 nitrogen and oxygen atoms in total. The standard InChI is InChI=1S/C13H18.C11H16/c1-10-7-8-11(2)13(9-10)12-5-3-4-6-12;1-4-5-11-8-9(2)6-7-10(11)3/h7-9,12H,3-6H2,1-2H3;6-8H,4-5H2,1-3H3. The number of hydrogen-bond donors (Lipinski definition) is 0. The van der Waals surface area contributed by atoms with Crippen LogP contribution in [0.2, 0.25) is 0 Å². The monoisotopic (exact) mass is 322 g/mol. The molecule has 0 atom stereocenters. The van der Waals surface area contributed by atoms with Crippen molar-refractivity contribution in [1.82, 2.24) is 0 Å². The van der Waals surface area contributed by atoms with Gasteiger partial charge in [-0.2, -0.15) is 0 Å². The third-order valence-corrected chi connectivity index (χ3v) is 5.25. The van der Waals surface area contributed by atoms with Gasteiger partial charge in [0.15, 0.2) is 0 Å². The molecular formula is C24H34. The summed E-state index contributed by atoms with van der Waals surface area (Å²) in [7, 11) is 0. The fourth-order valence-corrected chi connectivity index (χ4v) is 3.78. The number of benzene rings is 2. The average molecular weight is 323 g/mol. The van der Waals surface area contributed by atoms with E-state index in [0.29, 0.717) is 0 Å². The summed E-state index contributed by atoms with van der Waals surface area (Å²) in [5.41, 5.74) is 8.81. The van der Waals surface area contributed by atoms with Crippen LogP contribution < -0.4 is 0 Å². The molecule has 1 saturated carbocycles. The first-order chi connectivity index (χ1) is 11.5. The molecule has 0 radical (unpaired) electrons. The second kappa shape index (κ2) is 9.06. The van der Waals surface area contributed by atoms with Crippen LogP contribution in [0.25, 0.3) is 0 Å². The molecule has 3 rings (SSSR count). The average Bonchev–Trinajstić information content (AvgIpc) is 3.08. The van der Waals surface area contributed by atoms with E-state index in [4.69, 9.17) is 0 Å². The minimum absolute atomic E-state index is 0.861. The van der Waals surface area contributed by atoms with E-state index in [1.165, 1.54) is 66.3 Å². The van der Waals surface area contributed by atoms with Crippen molar-refractivity contribution in [3.05, 3.63) is 69.8 Å². The lowest BCUT2D eigenvalue weighted by atomic mass is 9.92. The van der Waals surface area contributed by atoms with Gasteiger partial charge in [0, 0.05) is 0 Å². The summed E-state index contributed by atoms with van der Waals surface area (Å²) in [6, 6.07) is 13.5. The fraction of sp³-hybridized carbons (Fsp3) is 0.500. The Balaban J connectivity index is 0.000000177. The van der Waals surface area contributed by atoms with E-state index in [1.807, 2.05) is 0 Å². The van der Waals surface area contributed by atoms with E-state index < -0.39 is 0 Å². The predicted molar refractivity (Wildman–Crippen MR) is 107 cm³/mol. The quantitative estimate of drug-likeness (QED) is 0.559. The van der Waals surface area contributed by atoms with Crippen LogP contribution in [0.1, 0.15) is 78.3 Å². The molecule has 0 saturated heterocycles. The Hall–Kier alpha value is -1.56. The third-order valence-electron chi connectivity index (χ3n) is 5.25. The minimum Gasteiger partial charge on any atom is -0.0651 e. The molecule has 0 aliphatic heterocycles. The van der Waals surface area contributed by atoms with Gasteiger partial charge in [0.25, 0.3) is 0 Å². The zero-order valence-electron chi connectivity index (χ0n) is 16.3. The Morgan fingerprint density at radius 2 is 1.38 bits per heavy atom. The van der Waals surface area contributed by atoms with Gasteiger partial charge in [-0.1, -0.05) is 73.7 Å². The van der Waals surface area contributed by atoms with Crippen molar-refractivity contribution in [3.63, 3.8) is 0 Å². The summed E-state index contributed by atoms with van der Waals surface area (Å²) in [4.78, 5) is 0. The molecule has 24 heavy (non-hydrogen) atoms. The second-order valence-corrected chi connectivity index (χ2v) is 7.52. The summed E-state index contributed by atoms with van der Waals surface area (Å²) in [5, 5.41) is 0. The second-order valence-electron chi connectivity index (χ2n) is 7.52. The van der Waals surface area contributed by atoms with Gasteiger partial charge in [0.05, 0.1) is 0 Å². The topological polar surface area (TPSA) is 0 Å². The Morgan fingerprint density at radius 1 is 0.792 bits per heavy atom. The third kappa shape index (κ3) is 5.23. The van der Waals surface area contributed by atoms with Gasteiger partial charge in [-0.25, -0.2) is 0 Å². The van der Waals surface area contributed by atoms with Gasteiger partial charge in [-0.15, -0.1) is 0 Å². The summed E-state index contributed by atoms with van der Waals surface area (Å²) in [6.07, 6.45) is 8.13. The zero-order valence-corrected chi connectivity index (χ0v) is 16.3. The van der Waals surface area contributed by atoms with Crippen molar-refractivity contribution in [1.29, 1.82) is 0 Å². The van der Waals surface area contributed by atoms with Crippen LogP contribution in [0, 0.1) is 27.7 Å². The van der Waals surface area contributed by atoms with Gasteiger partial charge >= 0.3 is 0 Å². The van der Waals surface area contributed by atoms with Crippen molar-refractivity contribution in [3.8, 4) is 0 Å². The van der Waals surface area contributed by atoms with E-state index in [2.05, 4.69) is 71.0 Å². The Bertz CT molecular complexity index is 645. The molecular weight excluding hydrogens is 288 g/mol. The largest absolute Gasteiger partial charge is 0.0651 e. The molecule has 0 heterocycles. The molecule has 1 fully saturated rings. The summed E-state index contributed by atoms with van der Waals surface area (Å²) in [6.45, 7) is 11.0. The predicted octanol–water partition coefficient (Wildman–Crippen LogP) is 7.22. The summed E-state index contributed by atoms with van der Waals surface area (Å²) < 4.78 is 0. The maximum absolute atomic E-state index is 2.38. The Kier molecular flexibility index (Phi) is 7.09. The molecule has 2 aromatic carbocycles. The van der Waals surface area contributed by atoms with Crippen molar-refractivity contribution in [2.45, 2.75) is 79.1 Å². The minimum atomic E-state index is 0.861. The Labute approximate surface area is 149 Å². The summed E-state index contributed by atoms with van der Waals surface area (Å²) >= 11 is 0. The van der Waals surface area contributed by atoms with Crippen LogP contribution in [-0.4, -0.2) is 0 Å². The highest BCUT2D eigenvalue weighted by atomic mass is 14.2. The first kappa shape index (κ1) is 18.8. The molecule has 1 aliphatic carbocycles. The van der Waals surface area contributed by atoms with Crippen molar-refractivity contribution < 1.29 is 0 Å². The smallest absolute Gasteiger partial charge is 0.0159 e. The Morgan fingerprint density at radius 3 is 2.00 bits per heavy atom. The number of rotatable bonds is 3. The first-order valence-corrected chi connectivity index (χ1v) is 9.64. The fourth-order valence-electron chi connectivity index (χ4n) is 3.78. The SMILES string of the molecule is CCCc1cc(C)ccc1C.Cc1ccc(C)c(C2CCCC2)c1. The van der Waals surface area contributed by atoms with Gasteiger partial charge < -0.3 is 0 Å². The van der Waals surface area contributed by atoms with E-state index in [9.17, 15) is 0 Å². The molecule has 0 N–H and O–H groups in total. The van der Waals surface area contributed by atoms with Crippen LogP contribution in [-0.2, 0) is 6.42 Å². The lowest BCUT2D eigenvalue weighted by Crippen LogP contribution is -1.96. The molecule has 1 aliphatic rings. The molecule has 0 unspecified atom stereocenters. The lowest BCUT2D eigenvalue weighted by molar-refractivity contribution is 0.717. The molecule has 2 aromatic rings. The lowest BCUT2D eigenvalue weighted by Gasteiger charge is -2.13. The zero-order chi connectivity index (χ0) is 17.5. The molecule has 0 aromatic heterocycles. The van der Waals surface area contributed by atoms with Crippen LogP contribution in [0.5, 0.6) is 0 Å². The molecule has 0 spiro atoms. The normalized spacial score (nSPS) is 14.4. The highest BCUT2D eigenvalue weighted by Crippen LogP contribution is 2.35. The van der Waals surface area contributed by atoms with Crippen LogP contribution in [0.3, 0.4) is 0 Å². The van der Waals surface area contributed by atoms with Crippen LogP contribution >= 0.6 is 0 Å². The molecule has 0 heteroatoms. The van der Waals surface area contributed by atoms with Crippen molar-refractivity contribution in [2.75, 3.05) is 0 Å². The van der Waals surface area contributed by atoms with Crippen molar-refractivity contribution >= 4 is 0 Å².